The summed E-state index contributed by atoms with van der Waals surface area (Å²) in [6.45, 7) is 5.57. The maximum atomic E-state index is 11.8. The van der Waals surface area contributed by atoms with Crippen molar-refractivity contribution in [1.29, 1.82) is 0 Å². The second kappa shape index (κ2) is 4.87. The van der Waals surface area contributed by atoms with Gasteiger partial charge in [-0.1, -0.05) is 32.9 Å². The molecule has 0 spiro atoms. The van der Waals surface area contributed by atoms with E-state index in [1.807, 2.05) is 20.8 Å². The van der Waals surface area contributed by atoms with E-state index in [0.29, 0.717) is 17.5 Å². The molecule has 0 radical (unpaired) electrons. The Morgan fingerprint density at radius 1 is 1.29 bits per heavy atom. The van der Waals surface area contributed by atoms with Crippen molar-refractivity contribution in [2.24, 2.45) is 5.41 Å². The summed E-state index contributed by atoms with van der Waals surface area (Å²) in [5.41, 5.74) is 0.550. The normalized spacial score (nSPS) is 12.2. The van der Waals surface area contributed by atoms with Crippen LogP contribution in [0.15, 0.2) is 24.3 Å². The average molecular weight is 255 g/mol. The highest BCUT2D eigenvalue weighted by Gasteiger charge is 2.21. The van der Waals surface area contributed by atoms with Crippen LogP contribution in [0.4, 0.5) is 5.69 Å². The van der Waals surface area contributed by atoms with E-state index in [9.17, 15) is 13.2 Å². The summed E-state index contributed by atoms with van der Waals surface area (Å²) in [5, 5.41) is 0. The molecule has 5 heteroatoms. The van der Waals surface area contributed by atoms with Crippen LogP contribution in [-0.2, 0) is 10.0 Å². The number of benzene rings is 1. The van der Waals surface area contributed by atoms with Gasteiger partial charge >= 0.3 is 0 Å². The molecular formula is C12H17NO3S. The Hall–Kier alpha value is -1.36. The average Bonchev–Trinajstić information content (AvgIpc) is 2.13. The van der Waals surface area contributed by atoms with Crippen molar-refractivity contribution in [3.8, 4) is 0 Å². The minimum atomic E-state index is -3.38. The molecule has 0 heterocycles. The van der Waals surface area contributed by atoms with Crippen LogP contribution in [0.25, 0.3) is 0 Å². The number of aldehydes is 1. The summed E-state index contributed by atoms with van der Waals surface area (Å²) in [6.07, 6.45) is 0.682. The molecule has 0 saturated heterocycles. The molecule has 1 aromatic rings. The molecule has 1 N–H and O–H groups in total. The largest absolute Gasteiger partial charge is 0.298 e. The van der Waals surface area contributed by atoms with Gasteiger partial charge in [-0.05, 0) is 17.5 Å². The number of sulfonamides is 1. The number of hydrogen-bond acceptors (Lipinski definition) is 3. The highest BCUT2D eigenvalue weighted by atomic mass is 32.2. The summed E-state index contributed by atoms with van der Waals surface area (Å²) in [7, 11) is -3.38. The fourth-order valence-electron chi connectivity index (χ4n) is 1.46. The number of hydrogen-bond donors (Lipinski definition) is 1. The van der Waals surface area contributed by atoms with Gasteiger partial charge in [0.1, 0.15) is 6.29 Å². The molecule has 1 rings (SSSR count). The number of nitrogens with one attached hydrogen (secondary N) is 1. The molecule has 0 amide bonds. The molecule has 0 aliphatic carbocycles. The first-order valence-electron chi connectivity index (χ1n) is 5.28. The molecule has 4 nitrogen and oxygen atoms in total. The summed E-state index contributed by atoms with van der Waals surface area (Å²) in [4.78, 5) is 10.6. The highest BCUT2D eigenvalue weighted by molar-refractivity contribution is 7.92. The molecule has 94 valence electrons. The summed E-state index contributed by atoms with van der Waals surface area (Å²) in [5.74, 6) is 0.0331. The van der Waals surface area contributed by atoms with Gasteiger partial charge < -0.3 is 0 Å². The minimum Gasteiger partial charge on any atom is -0.298 e. The topological polar surface area (TPSA) is 63.2 Å². The molecule has 1 aromatic carbocycles. The first-order valence-corrected chi connectivity index (χ1v) is 6.93. The quantitative estimate of drug-likeness (QED) is 0.839. The lowest BCUT2D eigenvalue weighted by Gasteiger charge is -2.18. The molecule has 0 unspecified atom stereocenters. The number of anilines is 1. The fraction of sp³-hybridized carbons (Fsp3) is 0.417. The lowest BCUT2D eigenvalue weighted by Crippen LogP contribution is -2.26. The molecule has 0 aliphatic rings. The van der Waals surface area contributed by atoms with Crippen LogP contribution in [-0.4, -0.2) is 20.5 Å². The molecule has 0 saturated carbocycles. The number of carbonyl (C=O) groups excluding carboxylic acids is 1. The monoisotopic (exact) mass is 255 g/mol. The van der Waals surface area contributed by atoms with Crippen molar-refractivity contribution in [3.63, 3.8) is 0 Å². The van der Waals surface area contributed by atoms with E-state index in [2.05, 4.69) is 4.72 Å². The molecular weight excluding hydrogens is 238 g/mol. The van der Waals surface area contributed by atoms with Gasteiger partial charge in [-0.15, -0.1) is 0 Å². The maximum Gasteiger partial charge on any atom is 0.233 e. The first kappa shape index (κ1) is 13.7. The van der Waals surface area contributed by atoms with Crippen molar-refractivity contribution in [2.45, 2.75) is 20.8 Å². The van der Waals surface area contributed by atoms with Crippen molar-refractivity contribution in [3.05, 3.63) is 29.8 Å². The first-order chi connectivity index (χ1) is 7.72. The van der Waals surface area contributed by atoms with Crippen LogP contribution in [0.5, 0.6) is 0 Å². The molecule has 0 bridgehead atoms. The second-order valence-corrected chi connectivity index (χ2v) is 6.89. The third-order valence-electron chi connectivity index (χ3n) is 1.92. The van der Waals surface area contributed by atoms with E-state index in [0.717, 1.165) is 0 Å². The van der Waals surface area contributed by atoms with Gasteiger partial charge in [-0.25, -0.2) is 8.42 Å². The van der Waals surface area contributed by atoms with Gasteiger partial charge in [0.05, 0.1) is 5.75 Å². The molecule has 17 heavy (non-hydrogen) atoms. The highest BCUT2D eigenvalue weighted by Crippen LogP contribution is 2.18. The van der Waals surface area contributed by atoms with Gasteiger partial charge in [0.15, 0.2) is 0 Å². The van der Waals surface area contributed by atoms with E-state index in [-0.39, 0.29) is 11.2 Å². The Bertz CT molecular complexity index is 501. The van der Waals surface area contributed by atoms with E-state index in [1.54, 1.807) is 18.2 Å². The van der Waals surface area contributed by atoms with Crippen molar-refractivity contribution in [2.75, 3.05) is 10.5 Å². The summed E-state index contributed by atoms with van der Waals surface area (Å²) in [6, 6.07) is 6.38. The van der Waals surface area contributed by atoms with Crippen molar-refractivity contribution >= 4 is 22.0 Å². The molecule has 0 aliphatic heterocycles. The van der Waals surface area contributed by atoms with Crippen LogP contribution in [0.1, 0.15) is 31.1 Å². The van der Waals surface area contributed by atoms with Gasteiger partial charge in [0, 0.05) is 11.3 Å². The Kier molecular flexibility index (Phi) is 3.93. The van der Waals surface area contributed by atoms with E-state index < -0.39 is 10.0 Å². The van der Waals surface area contributed by atoms with Crippen LogP contribution in [0.3, 0.4) is 0 Å². The number of rotatable bonds is 4. The summed E-state index contributed by atoms with van der Waals surface area (Å²) >= 11 is 0. The second-order valence-electron chi connectivity index (χ2n) is 5.17. The minimum absolute atomic E-state index is 0.0331. The van der Waals surface area contributed by atoms with Crippen LogP contribution in [0.2, 0.25) is 0 Å². The van der Waals surface area contributed by atoms with E-state index in [1.165, 1.54) is 6.07 Å². The van der Waals surface area contributed by atoms with Crippen molar-refractivity contribution in [1.82, 2.24) is 0 Å². The third-order valence-corrected chi connectivity index (χ3v) is 3.71. The zero-order valence-electron chi connectivity index (χ0n) is 10.2. The summed E-state index contributed by atoms with van der Waals surface area (Å²) < 4.78 is 26.1. The van der Waals surface area contributed by atoms with Crippen LogP contribution in [0, 0.1) is 5.41 Å². The Morgan fingerprint density at radius 3 is 2.47 bits per heavy atom. The van der Waals surface area contributed by atoms with E-state index in [4.69, 9.17) is 0 Å². The maximum absolute atomic E-state index is 11.8. The molecule has 0 atom stereocenters. The SMILES string of the molecule is CC(C)(C)CS(=O)(=O)Nc1cccc(C=O)c1. The third kappa shape index (κ3) is 4.99. The Balaban J connectivity index is 2.86. The molecule has 0 aromatic heterocycles. The lowest BCUT2D eigenvalue weighted by atomic mass is 10.0. The predicted molar refractivity (Wildman–Crippen MR) is 68.7 cm³/mol. The van der Waals surface area contributed by atoms with Gasteiger partial charge in [0.25, 0.3) is 0 Å². The fourth-order valence-corrected chi connectivity index (χ4v) is 3.16. The molecule has 0 fully saturated rings. The number of carbonyl (C=O) groups is 1. The van der Waals surface area contributed by atoms with Gasteiger partial charge in [-0.2, -0.15) is 0 Å². The van der Waals surface area contributed by atoms with Crippen LogP contribution >= 0.6 is 0 Å². The van der Waals surface area contributed by atoms with E-state index >= 15 is 0 Å². The lowest BCUT2D eigenvalue weighted by molar-refractivity contribution is 0.112. The Morgan fingerprint density at radius 2 is 1.94 bits per heavy atom. The predicted octanol–water partition coefficient (Wildman–Crippen LogP) is 2.29. The van der Waals surface area contributed by atoms with Gasteiger partial charge in [-0.3, -0.25) is 9.52 Å². The van der Waals surface area contributed by atoms with Crippen LogP contribution < -0.4 is 4.72 Å². The zero-order chi connectivity index (χ0) is 13.1. The van der Waals surface area contributed by atoms with Crippen molar-refractivity contribution < 1.29 is 13.2 Å². The smallest absolute Gasteiger partial charge is 0.233 e. The Labute approximate surface area is 102 Å². The standard InChI is InChI=1S/C12H17NO3S/c1-12(2,3)9-17(15,16)13-11-6-4-5-10(7-11)8-14/h4-8,13H,9H2,1-3H3. The van der Waals surface area contributed by atoms with Gasteiger partial charge in [0.2, 0.25) is 10.0 Å². The zero-order valence-corrected chi connectivity index (χ0v) is 11.0.